The van der Waals surface area contributed by atoms with Crippen LogP contribution < -0.4 is 15.1 Å². The van der Waals surface area contributed by atoms with E-state index in [1.807, 2.05) is 42.5 Å². The van der Waals surface area contributed by atoms with Crippen LogP contribution in [0.25, 0.3) is 0 Å². The fourth-order valence-electron chi connectivity index (χ4n) is 5.20. The van der Waals surface area contributed by atoms with Gasteiger partial charge in [0.1, 0.15) is 0 Å². The highest BCUT2D eigenvalue weighted by Gasteiger charge is 2.42. The van der Waals surface area contributed by atoms with Crippen LogP contribution in [-0.2, 0) is 17.6 Å². The van der Waals surface area contributed by atoms with E-state index < -0.39 is 0 Å². The molecule has 7 nitrogen and oxygen atoms in total. The lowest BCUT2D eigenvalue weighted by molar-refractivity contribution is -0.384. The van der Waals surface area contributed by atoms with Crippen molar-refractivity contribution >= 4 is 23.0 Å². The second kappa shape index (κ2) is 9.55. The molecule has 0 spiro atoms. The molecule has 0 radical (unpaired) electrons. The molecule has 1 amide bonds. The maximum Gasteiger partial charge on any atom is 0.269 e. The number of rotatable bonds is 6. The number of nitro benzene ring substituents is 1. The molecule has 3 aromatic rings. The van der Waals surface area contributed by atoms with E-state index in [1.54, 1.807) is 12.1 Å². The second-order valence-corrected chi connectivity index (χ2v) is 8.95. The fraction of sp³-hybridized carbons (Fsp3) is 0.296. The van der Waals surface area contributed by atoms with Crippen molar-refractivity contribution in [3.05, 3.63) is 100 Å². The van der Waals surface area contributed by atoms with Crippen LogP contribution in [0.2, 0.25) is 0 Å². The van der Waals surface area contributed by atoms with E-state index >= 15 is 0 Å². The summed E-state index contributed by atoms with van der Waals surface area (Å²) >= 11 is 0. The van der Waals surface area contributed by atoms with Crippen molar-refractivity contribution in [1.29, 1.82) is 0 Å². The van der Waals surface area contributed by atoms with Gasteiger partial charge in [-0.2, -0.15) is 0 Å². The fourth-order valence-corrected chi connectivity index (χ4v) is 5.20. The molecule has 0 bridgehead atoms. The first kappa shape index (κ1) is 21.9. The lowest BCUT2D eigenvalue weighted by Gasteiger charge is -2.49. The molecule has 174 valence electrons. The van der Waals surface area contributed by atoms with E-state index in [1.165, 1.54) is 5.56 Å². The molecule has 2 atom stereocenters. The average molecular weight is 457 g/mol. The molecular formula is C27H28N4O3. The summed E-state index contributed by atoms with van der Waals surface area (Å²) in [5.41, 5.74) is 4.30. The highest BCUT2D eigenvalue weighted by molar-refractivity contribution is 5.82. The summed E-state index contributed by atoms with van der Waals surface area (Å²) in [6, 6.07) is 25.4. The van der Waals surface area contributed by atoms with Gasteiger partial charge in [0.2, 0.25) is 5.91 Å². The van der Waals surface area contributed by atoms with Crippen molar-refractivity contribution in [3.8, 4) is 0 Å². The molecule has 1 fully saturated rings. The van der Waals surface area contributed by atoms with E-state index in [0.29, 0.717) is 13.0 Å². The summed E-state index contributed by atoms with van der Waals surface area (Å²) in [6.45, 7) is 2.89. The second-order valence-electron chi connectivity index (χ2n) is 8.95. The van der Waals surface area contributed by atoms with Gasteiger partial charge in [-0.05, 0) is 42.2 Å². The van der Waals surface area contributed by atoms with Crippen molar-refractivity contribution in [1.82, 2.24) is 5.32 Å². The number of nitrogens with zero attached hydrogens (tertiary/aromatic N) is 3. The number of anilines is 2. The number of piperazine rings is 1. The van der Waals surface area contributed by atoms with Gasteiger partial charge in [-0.1, -0.05) is 48.5 Å². The highest BCUT2D eigenvalue weighted by Crippen LogP contribution is 2.38. The molecule has 2 aliphatic heterocycles. The number of amides is 1. The third-order valence-corrected chi connectivity index (χ3v) is 6.92. The largest absolute Gasteiger partial charge is 0.368 e. The average Bonchev–Trinajstić information content (AvgIpc) is 2.88. The van der Waals surface area contributed by atoms with E-state index in [4.69, 9.17) is 0 Å². The Morgan fingerprint density at radius 2 is 1.74 bits per heavy atom. The zero-order valence-electron chi connectivity index (χ0n) is 19.0. The Morgan fingerprint density at radius 3 is 2.47 bits per heavy atom. The minimum absolute atomic E-state index is 0.000336. The van der Waals surface area contributed by atoms with Gasteiger partial charge in [-0.3, -0.25) is 14.9 Å². The van der Waals surface area contributed by atoms with Gasteiger partial charge in [0.05, 0.1) is 16.9 Å². The molecule has 1 N–H and O–H groups in total. The SMILES string of the molecule is O=C(NCCc1ccccc1)[C@@H]1Cc2cc([N+](=O)[O-])ccc2N2CCN(c3ccccc3)C[C@H]12. The topological polar surface area (TPSA) is 78.7 Å². The number of carbonyl (C=O) groups is 1. The van der Waals surface area contributed by atoms with E-state index in [2.05, 4.69) is 39.4 Å². The number of hydrogen-bond acceptors (Lipinski definition) is 5. The summed E-state index contributed by atoms with van der Waals surface area (Å²) in [5.74, 6) is -0.269. The van der Waals surface area contributed by atoms with Crippen molar-refractivity contribution in [2.24, 2.45) is 5.92 Å². The Bertz CT molecular complexity index is 1170. The lowest BCUT2D eigenvalue weighted by atomic mass is 9.83. The van der Waals surface area contributed by atoms with Gasteiger partial charge in [-0.25, -0.2) is 0 Å². The molecule has 1 saturated heterocycles. The van der Waals surface area contributed by atoms with Gasteiger partial charge in [-0.15, -0.1) is 0 Å². The predicted molar refractivity (Wildman–Crippen MR) is 133 cm³/mol. The molecule has 3 aromatic carbocycles. The van der Waals surface area contributed by atoms with E-state index in [9.17, 15) is 14.9 Å². The summed E-state index contributed by atoms with van der Waals surface area (Å²) in [7, 11) is 0. The van der Waals surface area contributed by atoms with Gasteiger partial charge >= 0.3 is 0 Å². The molecule has 0 unspecified atom stereocenters. The number of nitrogens with one attached hydrogen (secondary N) is 1. The Balaban J connectivity index is 1.39. The first-order chi connectivity index (χ1) is 16.6. The molecule has 0 aliphatic carbocycles. The van der Waals surface area contributed by atoms with Crippen molar-refractivity contribution in [2.75, 3.05) is 36.0 Å². The van der Waals surface area contributed by atoms with Gasteiger partial charge in [0.15, 0.2) is 0 Å². The molecule has 7 heteroatoms. The maximum atomic E-state index is 13.4. The first-order valence-electron chi connectivity index (χ1n) is 11.8. The smallest absolute Gasteiger partial charge is 0.269 e. The number of carbonyl (C=O) groups excluding carboxylic acids is 1. The molecule has 2 aliphatic rings. The number of fused-ring (bicyclic) bond motifs is 3. The van der Waals surface area contributed by atoms with Crippen LogP contribution in [-0.4, -0.2) is 43.1 Å². The molecular weight excluding hydrogens is 428 g/mol. The molecule has 0 aromatic heterocycles. The third kappa shape index (κ3) is 4.46. The Kier molecular flexibility index (Phi) is 6.16. The lowest BCUT2D eigenvalue weighted by Crippen LogP contribution is -2.61. The number of hydrogen-bond donors (Lipinski definition) is 1. The molecule has 34 heavy (non-hydrogen) atoms. The zero-order chi connectivity index (χ0) is 23.5. The van der Waals surface area contributed by atoms with Crippen molar-refractivity contribution in [3.63, 3.8) is 0 Å². The minimum atomic E-state index is -0.366. The Morgan fingerprint density at radius 1 is 1.00 bits per heavy atom. The number of para-hydroxylation sites is 1. The molecule has 0 saturated carbocycles. The summed E-state index contributed by atoms with van der Waals surface area (Å²) in [5, 5.41) is 14.5. The van der Waals surface area contributed by atoms with Crippen LogP contribution in [0.15, 0.2) is 78.9 Å². The third-order valence-electron chi connectivity index (χ3n) is 6.92. The molecule has 5 rings (SSSR count). The molecule has 2 heterocycles. The first-order valence-corrected chi connectivity index (χ1v) is 11.8. The predicted octanol–water partition coefficient (Wildman–Crippen LogP) is 3.82. The van der Waals surface area contributed by atoms with Gasteiger partial charge in [0, 0.05) is 49.7 Å². The number of benzene rings is 3. The van der Waals surface area contributed by atoms with Gasteiger partial charge < -0.3 is 15.1 Å². The summed E-state index contributed by atoms with van der Waals surface area (Å²) < 4.78 is 0. The highest BCUT2D eigenvalue weighted by atomic mass is 16.6. The number of nitro groups is 1. The minimum Gasteiger partial charge on any atom is -0.368 e. The quantitative estimate of drug-likeness (QED) is 0.451. The van der Waals surface area contributed by atoms with Gasteiger partial charge in [0.25, 0.3) is 5.69 Å². The van der Waals surface area contributed by atoms with Crippen LogP contribution in [0.4, 0.5) is 17.1 Å². The summed E-state index contributed by atoms with van der Waals surface area (Å²) in [6.07, 6.45) is 1.27. The normalized spacial score (nSPS) is 19.2. The van der Waals surface area contributed by atoms with Crippen LogP contribution in [0, 0.1) is 16.0 Å². The van der Waals surface area contributed by atoms with Crippen LogP contribution in [0.3, 0.4) is 0 Å². The monoisotopic (exact) mass is 456 g/mol. The van der Waals surface area contributed by atoms with Crippen LogP contribution >= 0.6 is 0 Å². The van der Waals surface area contributed by atoms with Crippen molar-refractivity contribution in [2.45, 2.75) is 18.9 Å². The Labute approximate surface area is 199 Å². The van der Waals surface area contributed by atoms with Crippen LogP contribution in [0.5, 0.6) is 0 Å². The standard InChI is InChI=1S/C27H28N4O3/c32-27(28-14-13-20-7-3-1-4-8-20)24-18-21-17-23(31(33)34)11-12-25(21)30-16-15-29(19-26(24)30)22-9-5-2-6-10-22/h1-12,17,24,26H,13-16,18-19H2,(H,28,32)/t24-,26-/m1/s1. The Hall–Kier alpha value is -3.87. The zero-order valence-corrected chi connectivity index (χ0v) is 19.0. The van der Waals surface area contributed by atoms with E-state index in [-0.39, 0.29) is 28.5 Å². The number of non-ortho nitro benzene ring substituents is 1. The summed E-state index contributed by atoms with van der Waals surface area (Å²) in [4.78, 5) is 29.0. The maximum absolute atomic E-state index is 13.4. The van der Waals surface area contributed by atoms with Crippen LogP contribution in [0.1, 0.15) is 11.1 Å². The van der Waals surface area contributed by atoms with E-state index in [0.717, 1.165) is 43.0 Å². The van der Waals surface area contributed by atoms with Crippen molar-refractivity contribution < 1.29 is 9.72 Å².